The van der Waals surface area contributed by atoms with Gasteiger partial charge < -0.3 is 14.8 Å². The minimum absolute atomic E-state index is 0.221. The summed E-state index contributed by atoms with van der Waals surface area (Å²) in [6.07, 6.45) is 2.47. The van der Waals surface area contributed by atoms with Crippen LogP contribution in [0.1, 0.15) is 21.5 Å². The second-order valence-corrected chi connectivity index (χ2v) is 5.59. The zero-order valence-corrected chi connectivity index (χ0v) is 14.8. The van der Waals surface area contributed by atoms with Gasteiger partial charge in [0.15, 0.2) is 5.78 Å². The van der Waals surface area contributed by atoms with Crippen LogP contribution < -0.4 is 14.8 Å². The first-order valence-electron chi connectivity index (χ1n) is 7.76. The highest BCUT2D eigenvalue weighted by atomic mass is 16.5. The molecule has 0 saturated heterocycles. The SMILES string of the molecule is COc1cc(NC(=O)/C=C/C(=O)c2ccc(C)c(C)c2)cc(OC)c1. The fourth-order valence-electron chi connectivity index (χ4n) is 2.21. The van der Waals surface area contributed by atoms with Crippen molar-refractivity contribution >= 4 is 17.4 Å². The van der Waals surface area contributed by atoms with Crippen molar-refractivity contribution in [3.05, 3.63) is 65.2 Å². The van der Waals surface area contributed by atoms with Crippen LogP contribution in [0.4, 0.5) is 5.69 Å². The Morgan fingerprint density at radius 2 is 1.52 bits per heavy atom. The van der Waals surface area contributed by atoms with E-state index in [9.17, 15) is 9.59 Å². The third-order valence-corrected chi connectivity index (χ3v) is 3.80. The molecule has 0 aromatic heterocycles. The first kappa shape index (κ1) is 18.3. The minimum atomic E-state index is -0.410. The first-order chi connectivity index (χ1) is 11.9. The van der Waals surface area contributed by atoms with E-state index in [-0.39, 0.29) is 5.78 Å². The number of aryl methyl sites for hydroxylation is 2. The number of ether oxygens (including phenoxy) is 2. The highest BCUT2D eigenvalue weighted by Crippen LogP contribution is 2.25. The van der Waals surface area contributed by atoms with Gasteiger partial charge in [-0.1, -0.05) is 12.1 Å². The summed E-state index contributed by atoms with van der Waals surface area (Å²) in [5.74, 6) is 0.489. The standard InChI is InChI=1S/C20H21NO4/c1-13-5-6-15(9-14(13)2)19(22)7-8-20(23)21-16-10-17(24-3)12-18(11-16)25-4/h5-12H,1-4H3,(H,21,23)/b8-7+. The number of rotatable bonds is 6. The number of hydrogen-bond acceptors (Lipinski definition) is 4. The number of allylic oxidation sites excluding steroid dienone is 1. The molecule has 0 radical (unpaired) electrons. The number of benzene rings is 2. The summed E-state index contributed by atoms with van der Waals surface area (Å²) in [6, 6.07) is 10.5. The number of methoxy groups -OCH3 is 2. The van der Waals surface area contributed by atoms with Crippen molar-refractivity contribution in [3.8, 4) is 11.5 Å². The predicted octanol–water partition coefficient (Wildman–Crippen LogP) is 3.70. The Morgan fingerprint density at radius 1 is 0.880 bits per heavy atom. The van der Waals surface area contributed by atoms with Crippen LogP contribution in [0.25, 0.3) is 0 Å². The summed E-state index contributed by atoms with van der Waals surface area (Å²) in [5.41, 5.74) is 3.22. The Balaban J connectivity index is 2.07. The van der Waals surface area contributed by atoms with E-state index < -0.39 is 5.91 Å². The summed E-state index contributed by atoms with van der Waals surface area (Å²) >= 11 is 0. The van der Waals surface area contributed by atoms with Crippen LogP contribution in [0.3, 0.4) is 0 Å². The summed E-state index contributed by atoms with van der Waals surface area (Å²) in [4.78, 5) is 24.2. The predicted molar refractivity (Wildman–Crippen MR) is 97.6 cm³/mol. The van der Waals surface area contributed by atoms with Crippen LogP contribution in [0.2, 0.25) is 0 Å². The maximum Gasteiger partial charge on any atom is 0.248 e. The molecule has 0 atom stereocenters. The fraction of sp³-hybridized carbons (Fsp3) is 0.200. The monoisotopic (exact) mass is 339 g/mol. The van der Waals surface area contributed by atoms with Crippen molar-refractivity contribution in [3.63, 3.8) is 0 Å². The van der Waals surface area contributed by atoms with Gasteiger partial charge >= 0.3 is 0 Å². The normalized spacial score (nSPS) is 10.6. The lowest BCUT2D eigenvalue weighted by molar-refractivity contribution is -0.111. The summed E-state index contributed by atoms with van der Waals surface area (Å²) in [6.45, 7) is 3.92. The zero-order chi connectivity index (χ0) is 18.4. The average Bonchev–Trinajstić information content (AvgIpc) is 2.61. The lowest BCUT2D eigenvalue weighted by atomic mass is 10.0. The van der Waals surface area contributed by atoms with Gasteiger partial charge in [0.25, 0.3) is 0 Å². The molecule has 2 rings (SSSR count). The lowest BCUT2D eigenvalue weighted by Gasteiger charge is -2.08. The van der Waals surface area contributed by atoms with Gasteiger partial charge in [-0.25, -0.2) is 0 Å². The highest BCUT2D eigenvalue weighted by Gasteiger charge is 2.06. The molecule has 0 fully saturated rings. The number of carbonyl (C=O) groups excluding carboxylic acids is 2. The Kier molecular flexibility index (Phi) is 5.95. The number of nitrogens with one attached hydrogen (secondary N) is 1. The molecule has 0 saturated carbocycles. The molecule has 0 spiro atoms. The zero-order valence-electron chi connectivity index (χ0n) is 14.8. The minimum Gasteiger partial charge on any atom is -0.497 e. The van der Waals surface area contributed by atoms with Gasteiger partial charge in [0, 0.05) is 35.5 Å². The molecular formula is C20H21NO4. The maximum atomic E-state index is 12.2. The van der Waals surface area contributed by atoms with Crippen LogP contribution in [0, 0.1) is 13.8 Å². The lowest BCUT2D eigenvalue weighted by Crippen LogP contribution is -2.09. The Morgan fingerprint density at radius 3 is 2.08 bits per heavy atom. The molecule has 25 heavy (non-hydrogen) atoms. The summed E-state index contributed by atoms with van der Waals surface area (Å²) in [7, 11) is 3.06. The Labute approximate surface area is 147 Å². The van der Waals surface area contributed by atoms with E-state index in [1.54, 1.807) is 24.3 Å². The van der Waals surface area contributed by atoms with Crippen LogP contribution >= 0.6 is 0 Å². The largest absolute Gasteiger partial charge is 0.497 e. The topological polar surface area (TPSA) is 64.6 Å². The van der Waals surface area contributed by atoms with Gasteiger partial charge in [0.05, 0.1) is 14.2 Å². The molecule has 0 aliphatic carbocycles. The van der Waals surface area contributed by atoms with E-state index in [1.807, 2.05) is 26.0 Å². The quantitative estimate of drug-likeness (QED) is 0.644. The van der Waals surface area contributed by atoms with Crippen LogP contribution in [0.15, 0.2) is 48.6 Å². The molecule has 0 bridgehead atoms. The highest BCUT2D eigenvalue weighted by molar-refractivity contribution is 6.09. The second kappa shape index (κ2) is 8.15. The third kappa shape index (κ3) is 4.94. The van der Waals surface area contributed by atoms with Gasteiger partial charge in [-0.3, -0.25) is 9.59 Å². The number of carbonyl (C=O) groups is 2. The van der Waals surface area contributed by atoms with Crippen molar-refractivity contribution in [2.75, 3.05) is 19.5 Å². The van der Waals surface area contributed by atoms with Gasteiger partial charge in [-0.2, -0.15) is 0 Å². The summed E-state index contributed by atoms with van der Waals surface area (Å²) < 4.78 is 10.3. The molecule has 130 valence electrons. The third-order valence-electron chi connectivity index (χ3n) is 3.80. The Bertz CT molecular complexity index is 802. The van der Waals surface area contributed by atoms with Crippen LogP contribution in [-0.4, -0.2) is 25.9 Å². The van der Waals surface area contributed by atoms with Gasteiger partial charge in [-0.15, -0.1) is 0 Å². The van der Waals surface area contributed by atoms with E-state index in [1.165, 1.54) is 26.4 Å². The molecule has 2 aromatic rings. The molecule has 1 N–H and O–H groups in total. The molecule has 5 nitrogen and oxygen atoms in total. The van der Waals surface area contributed by atoms with E-state index in [2.05, 4.69) is 5.32 Å². The van der Waals surface area contributed by atoms with Gasteiger partial charge in [-0.05, 0) is 37.1 Å². The van der Waals surface area contributed by atoms with Crippen molar-refractivity contribution in [2.45, 2.75) is 13.8 Å². The van der Waals surface area contributed by atoms with E-state index in [0.29, 0.717) is 22.7 Å². The molecular weight excluding hydrogens is 318 g/mol. The number of hydrogen-bond donors (Lipinski definition) is 1. The Hall–Kier alpha value is -3.08. The maximum absolute atomic E-state index is 12.2. The molecule has 0 unspecified atom stereocenters. The molecule has 5 heteroatoms. The fourth-order valence-corrected chi connectivity index (χ4v) is 2.21. The van der Waals surface area contributed by atoms with Gasteiger partial charge in [0.2, 0.25) is 5.91 Å². The van der Waals surface area contributed by atoms with E-state index in [4.69, 9.17) is 9.47 Å². The number of anilines is 1. The van der Waals surface area contributed by atoms with Crippen molar-refractivity contribution in [2.24, 2.45) is 0 Å². The van der Waals surface area contributed by atoms with Crippen LogP contribution in [-0.2, 0) is 4.79 Å². The van der Waals surface area contributed by atoms with Crippen molar-refractivity contribution < 1.29 is 19.1 Å². The van der Waals surface area contributed by atoms with Gasteiger partial charge in [0.1, 0.15) is 11.5 Å². The second-order valence-electron chi connectivity index (χ2n) is 5.59. The molecule has 1 amide bonds. The summed E-state index contributed by atoms with van der Waals surface area (Å²) in [5, 5.41) is 2.68. The van der Waals surface area contributed by atoms with Crippen molar-refractivity contribution in [1.29, 1.82) is 0 Å². The molecule has 0 aliphatic rings. The molecule has 2 aromatic carbocycles. The van der Waals surface area contributed by atoms with E-state index in [0.717, 1.165) is 11.1 Å². The number of ketones is 1. The molecule has 0 aliphatic heterocycles. The molecule has 0 heterocycles. The average molecular weight is 339 g/mol. The van der Waals surface area contributed by atoms with Crippen molar-refractivity contribution in [1.82, 2.24) is 0 Å². The van der Waals surface area contributed by atoms with Crippen LogP contribution in [0.5, 0.6) is 11.5 Å². The van der Waals surface area contributed by atoms with E-state index >= 15 is 0 Å². The number of amides is 1. The first-order valence-corrected chi connectivity index (χ1v) is 7.76. The smallest absolute Gasteiger partial charge is 0.248 e.